The Morgan fingerprint density at radius 1 is 1.39 bits per heavy atom. The van der Waals surface area contributed by atoms with Crippen LogP contribution in [0.3, 0.4) is 0 Å². The first-order valence-electron chi connectivity index (χ1n) is 6.21. The lowest BCUT2D eigenvalue weighted by Crippen LogP contribution is -2.41. The third-order valence-corrected chi connectivity index (χ3v) is 3.19. The van der Waals surface area contributed by atoms with E-state index in [1.54, 1.807) is 0 Å². The number of amides is 2. The molecule has 4 nitrogen and oxygen atoms in total. The first-order valence-corrected chi connectivity index (χ1v) is 6.21. The Balaban J connectivity index is 2.57. The first-order chi connectivity index (χ1) is 8.36. The van der Waals surface area contributed by atoms with Gasteiger partial charge in [-0.05, 0) is 19.3 Å². The molecule has 0 bridgehead atoms. The predicted octanol–water partition coefficient (Wildman–Crippen LogP) is 1.71. The molecule has 106 valence electrons. The van der Waals surface area contributed by atoms with Crippen molar-refractivity contribution in [2.75, 3.05) is 19.6 Å². The number of nitrogens with zero attached hydrogens (tertiary/aromatic N) is 1. The van der Waals surface area contributed by atoms with Gasteiger partial charge in [0.05, 0.1) is 5.92 Å². The summed E-state index contributed by atoms with van der Waals surface area (Å²) in [5.74, 6) is -1.51. The largest absolute Gasteiger partial charge is 0.393 e. The van der Waals surface area contributed by atoms with Crippen LogP contribution in [-0.2, 0) is 0 Å². The molecule has 0 aromatic heterocycles. The molecule has 0 aliphatic carbocycles. The summed E-state index contributed by atoms with van der Waals surface area (Å²) in [5, 5.41) is 2.66. The van der Waals surface area contributed by atoms with Crippen molar-refractivity contribution in [1.29, 1.82) is 0 Å². The van der Waals surface area contributed by atoms with Gasteiger partial charge in [0, 0.05) is 25.7 Å². The summed E-state index contributed by atoms with van der Waals surface area (Å²) in [6.45, 7) is 2.83. The number of nitrogens with one attached hydrogen (secondary N) is 1. The van der Waals surface area contributed by atoms with Crippen LogP contribution in [0.5, 0.6) is 0 Å². The average Bonchev–Trinajstić information content (AvgIpc) is 2.47. The highest BCUT2D eigenvalue weighted by molar-refractivity contribution is 5.74. The van der Waals surface area contributed by atoms with Crippen molar-refractivity contribution in [3.8, 4) is 0 Å². The number of rotatable bonds is 2. The van der Waals surface area contributed by atoms with Crippen molar-refractivity contribution in [1.82, 2.24) is 10.2 Å². The zero-order valence-electron chi connectivity index (χ0n) is 10.5. The molecule has 1 heterocycles. The second kappa shape index (κ2) is 6.26. The molecule has 0 aromatic rings. The van der Waals surface area contributed by atoms with E-state index in [1.807, 2.05) is 6.92 Å². The monoisotopic (exact) mass is 267 g/mol. The van der Waals surface area contributed by atoms with E-state index < -0.39 is 18.1 Å². The molecule has 2 unspecified atom stereocenters. The van der Waals surface area contributed by atoms with Gasteiger partial charge < -0.3 is 16.0 Å². The number of hydrogen-bond acceptors (Lipinski definition) is 2. The van der Waals surface area contributed by atoms with Crippen molar-refractivity contribution in [2.45, 2.75) is 38.4 Å². The van der Waals surface area contributed by atoms with E-state index in [9.17, 15) is 18.0 Å². The molecule has 2 atom stereocenters. The van der Waals surface area contributed by atoms with Crippen LogP contribution >= 0.6 is 0 Å². The van der Waals surface area contributed by atoms with E-state index in [0.717, 1.165) is 6.42 Å². The number of nitrogens with two attached hydrogens (primary N) is 1. The average molecular weight is 267 g/mol. The quantitative estimate of drug-likeness (QED) is 0.800. The number of urea groups is 1. The van der Waals surface area contributed by atoms with Crippen LogP contribution < -0.4 is 11.1 Å². The van der Waals surface area contributed by atoms with E-state index in [0.29, 0.717) is 6.54 Å². The topological polar surface area (TPSA) is 58.4 Å². The van der Waals surface area contributed by atoms with Crippen molar-refractivity contribution < 1.29 is 18.0 Å². The van der Waals surface area contributed by atoms with E-state index in [4.69, 9.17) is 5.73 Å². The van der Waals surface area contributed by atoms with Gasteiger partial charge in [0.1, 0.15) is 0 Å². The van der Waals surface area contributed by atoms with Gasteiger partial charge in [-0.25, -0.2) is 4.79 Å². The first kappa shape index (κ1) is 15.1. The normalized spacial score (nSPS) is 25.7. The number of halogens is 3. The highest BCUT2D eigenvalue weighted by atomic mass is 19.4. The number of carbonyl (C=O) groups is 1. The molecule has 1 aliphatic rings. The van der Waals surface area contributed by atoms with Crippen molar-refractivity contribution in [3.05, 3.63) is 0 Å². The number of hydrogen-bond donors (Lipinski definition) is 2. The summed E-state index contributed by atoms with van der Waals surface area (Å²) >= 11 is 0. The fraction of sp³-hybridized carbons (Fsp3) is 0.909. The number of alkyl halides is 3. The van der Waals surface area contributed by atoms with E-state index >= 15 is 0 Å². The summed E-state index contributed by atoms with van der Waals surface area (Å²) in [4.78, 5) is 13.1. The van der Waals surface area contributed by atoms with Crippen LogP contribution in [0.1, 0.15) is 26.2 Å². The van der Waals surface area contributed by atoms with E-state index in [2.05, 4.69) is 5.32 Å². The molecule has 0 aromatic carbocycles. The zero-order chi connectivity index (χ0) is 13.8. The van der Waals surface area contributed by atoms with Crippen LogP contribution in [0.2, 0.25) is 0 Å². The third-order valence-electron chi connectivity index (χ3n) is 3.19. The molecule has 1 rings (SSSR count). The van der Waals surface area contributed by atoms with Crippen LogP contribution in [0.4, 0.5) is 18.0 Å². The maximum Gasteiger partial charge on any atom is 0.393 e. The van der Waals surface area contributed by atoms with Gasteiger partial charge in [-0.3, -0.25) is 0 Å². The summed E-state index contributed by atoms with van der Waals surface area (Å²) in [7, 11) is 0. The summed E-state index contributed by atoms with van der Waals surface area (Å²) in [5.41, 5.74) is 5.55. The van der Waals surface area contributed by atoms with Crippen molar-refractivity contribution in [3.63, 3.8) is 0 Å². The molecule has 7 heteroatoms. The second-order valence-corrected chi connectivity index (χ2v) is 4.61. The fourth-order valence-corrected chi connectivity index (χ4v) is 2.08. The minimum absolute atomic E-state index is 0.105. The molecule has 0 saturated carbocycles. The van der Waals surface area contributed by atoms with E-state index in [1.165, 1.54) is 4.90 Å². The summed E-state index contributed by atoms with van der Waals surface area (Å²) in [6, 6.07) is -1.22. The Labute approximate surface area is 105 Å². The van der Waals surface area contributed by atoms with Crippen molar-refractivity contribution >= 4 is 6.03 Å². The predicted molar refractivity (Wildman–Crippen MR) is 62.0 cm³/mol. The molecule has 2 amide bonds. The highest BCUT2D eigenvalue weighted by Crippen LogP contribution is 2.33. The minimum Gasteiger partial charge on any atom is -0.338 e. The molecular formula is C11H20F3N3O. The SMILES string of the molecule is CCCNC(=O)N1CCC(N)C(C(F)(F)F)CC1. The minimum atomic E-state index is -4.28. The molecule has 1 aliphatic heterocycles. The lowest BCUT2D eigenvalue weighted by atomic mass is 9.95. The van der Waals surface area contributed by atoms with Gasteiger partial charge in [-0.1, -0.05) is 6.92 Å². The maximum atomic E-state index is 12.7. The van der Waals surface area contributed by atoms with E-state index in [-0.39, 0.29) is 32.0 Å². The standard InChI is InChI=1S/C11H20F3N3O/c1-2-5-16-10(18)17-6-3-8(11(12,13)14)9(15)4-7-17/h8-9H,2-7,15H2,1H3,(H,16,18). The van der Waals surface area contributed by atoms with Gasteiger partial charge >= 0.3 is 12.2 Å². The Kier molecular flexibility index (Phi) is 5.25. The van der Waals surface area contributed by atoms with Gasteiger partial charge in [-0.2, -0.15) is 13.2 Å². The Morgan fingerprint density at radius 3 is 2.56 bits per heavy atom. The van der Waals surface area contributed by atoms with Crippen LogP contribution in [0.15, 0.2) is 0 Å². The van der Waals surface area contributed by atoms with Crippen LogP contribution in [-0.4, -0.2) is 42.8 Å². The smallest absolute Gasteiger partial charge is 0.338 e. The summed E-state index contributed by atoms with van der Waals surface area (Å²) in [6.07, 6.45) is -3.42. The highest BCUT2D eigenvalue weighted by Gasteiger charge is 2.44. The third kappa shape index (κ3) is 4.04. The van der Waals surface area contributed by atoms with Gasteiger partial charge in [0.15, 0.2) is 0 Å². The van der Waals surface area contributed by atoms with Crippen LogP contribution in [0, 0.1) is 5.92 Å². The summed E-state index contributed by atoms with van der Waals surface area (Å²) < 4.78 is 38.1. The Morgan fingerprint density at radius 2 is 2.00 bits per heavy atom. The molecule has 3 N–H and O–H groups in total. The lowest BCUT2D eigenvalue weighted by Gasteiger charge is -2.23. The molecule has 0 radical (unpaired) electrons. The zero-order valence-corrected chi connectivity index (χ0v) is 10.5. The molecule has 1 fully saturated rings. The Bertz CT molecular complexity index is 283. The number of likely N-dealkylation sites (tertiary alicyclic amines) is 1. The van der Waals surface area contributed by atoms with Gasteiger partial charge in [0.25, 0.3) is 0 Å². The molecule has 0 spiro atoms. The maximum absolute atomic E-state index is 12.7. The van der Waals surface area contributed by atoms with Gasteiger partial charge in [-0.15, -0.1) is 0 Å². The molecule has 1 saturated heterocycles. The fourth-order valence-electron chi connectivity index (χ4n) is 2.08. The second-order valence-electron chi connectivity index (χ2n) is 4.61. The van der Waals surface area contributed by atoms with Gasteiger partial charge in [0.2, 0.25) is 0 Å². The Hall–Kier alpha value is -0.980. The van der Waals surface area contributed by atoms with Crippen LogP contribution in [0.25, 0.3) is 0 Å². The molecular weight excluding hydrogens is 247 g/mol. The molecule has 18 heavy (non-hydrogen) atoms. The lowest BCUT2D eigenvalue weighted by molar-refractivity contribution is -0.180. The van der Waals surface area contributed by atoms with Crippen molar-refractivity contribution in [2.24, 2.45) is 11.7 Å². The number of carbonyl (C=O) groups excluding carboxylic acids is 1.